The van der Waals surface area contributed by atoms with Crippen LogP contribution in [0.15, 0.2) is 23.1 Å². The molecule has 2 amide bonds. The van der Waals surface area contributed by atoms with E-state index in [0.29, 0.717) is 23.7 Å². The minimum atomic E-state index is -0.983. The second kappa shape index (κ2) is 7.03. The van der Waals surface area contributed by atoms with Crippen LogP contribution in [0.4, 0.5) is 5.69 Å². The van der Waals surface area contributed by atoms with Crippen LogP contribution in [0.2, 0.25) is 5.02 Å². The number of hydrogen-bond donors (Lipinski definition) is 2. The second-order valence-corrected chi connectivity index (χ2v) is 7.56. The average molecular weight is 369 g/mol. The van der Waals surface area contributed by atoms with Gasteiger partial charge >= 0.3 is 5.97 Å². The Morgan fingerprint density at radius 2 is 2.17 bits per heavy atom. The van der Waals surface area contributed by atoms with Crippen molar-refractivity contribution in [3.63, 3.8) is 0 Å². The molecule has 2 atom stereocenters. The van der Waals surface area contributed by atoms with Gasteiger partial charge in [0.25, 0.3) is 0 Å². The number of amides is 2. The molecular weight excluding hydrogens is 352 g/mol. The van der Waals surface area contributed by atoms with Crippen molar-refractivity contribution in [3.05, 3.63) is 23.2 Å². The van der Waals surface area contributed by atoms with Crippen LogP contribution >= 0.6 is 23.4 Å². The summed E-state index contributed by atoms with van der Waals surface area (Å²) in [5.41, 5.74) is 0.641. The molecule has 1 aromatic rings. The van der Waals surface area contributed by atoms with Gasteiger partial charge in [0.05, 0.1) is 10.9 Å². The van der Waals surface area contributed by atoms with Crippen molar-refractivity contribution in [1.82, 2.24) is 4.90 Å². The molecule has 8 heteroatoms. The van der Waals surface area contributed by atoms with Crippen molar-refractivity contribution in [2.24, 2.45) is 0 Å². The Hall–Kier alpha value is -1.73. The first-order chi connectivity index (χ1) is 11.5. The molecule has 0 aromatic heterocycles. The van der Waals surface area contributed by atoms with E-state index in [9.17, 15) is 19.5 Å². The molecule has 0 saturated carbocycles. The summed E-state index contributed by atoms with van der Waals surface area (Å²) >= 11 is 7.23. The normalized spacial score (nSPS) is 23.4. The van der Waals surface area contributed by atoms with E-state index in [1.54, 1.807) is 18.2 Å². The number of nitrogens with one attached hydrogen (secondary N) is 1. The molecule has 1 fully saturated rings. The maximum Gasteiger partial charge on any atom is 0.326 e. The van der Waals surface area contributed by atoms with Crippen molar-refractivity contribution in [3.8, 4) is 0 Å². The number of rotatable bonds is 3. The van der Waals surface area contributed by atoms with Crippen LogP contribution < -0.4 is 5.32 Å². The first-order valence-electron chi connectivity index (χ1n) is 7.75. The molecule has 2 N–H and O–H groups in total. The first-order valence-corrected chi connectivity index (χ1v) is 9.01. The maximum atomic E-state index is 12.5. The predicted octanol–water partition coefficient (Wildman–Crippen LogP) is 2.61. The zero-order valence-corrected chi connectivity index (χ0v) is 14.4. The Labute approximate surface area is 148 Å². The van der Waals surface area contributed by atoms with E-state index in [0.717, 1.165) is 17.7 Å². The highest BCUT2D eigenvalue weighted by molar-refractivity contribution is 8.01. The van der Waals surface area contributed by atoms with Crippen molar-refractivity contribution in [1.29, 1.82) is 0 Å². The van der Waals surface area contributed by atoms with E-state index < -0.39 is 17.3 Å². The van der Waals surface area contributed by atoms with Crippen LogP contribution in [0.25, 0.3) is 0 Å². The predicted molar refractivity (Wildman–Crippen MR) is 91.3 cm³/mol. The molecule has 2 aliphatic heterocycles. The smallest absolute Gasteiger partial charge is 0.326 e. The van der Waals surface area contributed by atoms with E-state index in [1.807, 2.05) is 0 Å². The van der Waals surface area contributed by atoms with Gasteiger partial charge in [-0.15, -0.1) is 11.8 Å². The summed E-state index contributed by atoms with van der Waals surface area (Å²) in [6.07, 6.45) is 2.04. The summed E-state index contributed by atoms with van der Waals surface area (Å²) < 4.78 is 0. The van der Waals surface area contributed by atoms with Crippen molar-refractivity contribution in [2.75, 3.05) is 11.9 Å². The molecule has 6 nitrogen and oxygen atoms in total. The Morgan fingerprint density at radius 3 is 2.92 bits per heavy atom. The van der Waals surface area contributed by atoms with Gasteiger partial charge in [-0.25, -0.2) is 4.79 Å². The number of benzene rings is 1. The van der Waals surface area contributed by atoms with Gasteiger partial charge < -0.3 is 15.3 Å². The number of carbonyl (C=O) groups is 3. The van der Waals surface area contributed by atoms with Gasteiger partial charge in [0.1, 0.15) is 6.04 Å². The Bertz CT molecular complexity index is 697. The Balaban J connectivity index is 1.71. The van der Waals surface area contributed by atoms with Crippen LogP contribution in [0.3, 0.4) is 0 Å². The van der Waals surface area contributed by atoms with Crippen LogP contribution in [0.5, 0.6) is 0 Å². The molecular formula is C16H17ClN2O4S. The SMILES string of the molecule is O=C1Nc2cc(Cl)ccc2SC1CC(=O)N1CCCC[C@@H]1C(=O)O. The third-order valence-corrected chi connectivity index (χ3v) is 5.74. The molecule has 1 unspecified atom stereocenters. The molecule has 0 radical (unpaired) electrons. The van der Waals surface area contributed by atoms with Gasteiger partial charge in [-0.3, -0.25) is 9.59 Å². The summed E-state index contributed by atoms with van der Waals surface area (Å²) in [6, 6.07) is 4.42. The summed E-state index contributed by atoms with van der Waals surface area (Å²) in [5.74, 6) is -1.53. The lowest BCUT2D eigenvalue weighted by atomic mass is 10.0. The zero-order chi connectivity index (χ0) is 17.3. The van der Waals surface area contributed by atoms with E-state index in [2.05, 4.69) is 5.32 Å². The van der Waals surface area contributed by atoms with Crippen molar-refractivity contribution < 1.29 is 19.5 Å². The van der Waals surface area contributed by atoms with E-state index in [4.69, 9.17) is 11.6 Å². The Kier molecular flexibility index (Phi) is 5.01. The monoisotopic (exact) mass is 368 g/mol. The highest BCUT2D eigenvalue weighted by Crippen LogP contribution is 2.38. The van der Waals surface area contributed by atoms with Crippen LogP contribution in [-0.2, 0) is 14.4 Å². The molecule has 3 rings (SSSR count). The van der Waals surface area contributed by atoms with Crippen LogP contribution in [0, 0.1) is 0 Å². The maximum absolute atomic E-state index is 12.5. The van der Waals surface area contributed by atoms with Gasteiger partial charge in [-0.2, -0.15) is 0 Å². The number of anilines is 1. The number of fused-ring (bicyclic) bond motifs is 1. The minimum absolute atomic E-state index is 0.0116. The lowest BCUT2D eigenvalue weighted by Gasteiger charge is -2.34. The number of carbonyl (C=O) groups excluding carboxylic acids is 2. The highest BCUT2D eigenvalue weighted by Gasteiger charge is 2.35. The van der Waals surface area contributed by atoms with Gasteiger partial charge in [-0.1, -0.05) is 11.6 Å². The fraction of sp³-hybridized carbons (Fsp3) is 0.438. The molecule has 1 saturated heterocycles. The Morgan fingerprint density at radius 1 is 1.38 bits per heavy atom. The van der Waals surface area contributed by atoms with Crippen molar-refractivity contribution >= 4 is 46.8 Å². The van der Waals surface area contributed by atoms with Gasteiger partial charge in [0.2, 0.25) is 11.8 Å². The van der Waals surface area contributed by atoms with Crippen molar-refractivity contribution in [2.45, 2.75) is 41.9 Å². The number of hydrogen-bond acceptors (Lipinski definition) is 4. The van der Waals surface area contributed by atoms with E-state index in [1.165, 1.54) is 16.7 Å². The fourth-order valence-electron chi connectivity index (χ4n) is 3.02. The standard InChI is InChI=1S/C16H17ClN2O4S/c17-9-4-5-12-10(7-9)18-15(21)13(24-12)8-14(20)19-6-2-1-3-11(19)16(22)23/h4-5,7,11,13H,1-3,6,8H2,(H,18,21)(H,22,23)/t11-,13?/m1/s1. The number of thioether (sulfide) groups is 1. The molecule has 24 heavy (non-hydrogen) atoms. The number of nitrogens with zero attached hydrogens (tertiary/aromatic N) is 1. The van der Waals surface area contributed by atoms with E-state index >= 15 is 0 Å². The van der Waals surface area contributed by atoms with Crippen LogP contribution in [-0.4, -0.2) is 45.6 Å². The molecule has 0 spiro atoms. The summed E-state index contributed by atoms with van der Waals surface area (Å²) in [5, 5.41) is 12.0. The number of likely N-dealkylation sites (tertiary alicyclic amines) is 1. The lowest BCUT2D eigenvalue weighted by molar-refractivity contribution is -0.152. The number of aliphatic carboxylic acids is 1. The third kappa shape index (κ3) is 3.52. The largest absolute Gasteiger partial charge is 0.480 e. The van der Waals surface area contributed by atoms with Gasteiger partial charge in [0.15, 0.2) is 0 Å². The molecule has 1 aromatic carbocycles. The summed E-state index contributed by atoms with van der Waals surface area (Å²) in [6.45, 7) is 0.432. The number of halogens is 1. The molecule has 2 aliphatic rings. The molecule has 2 heterocycles. The number of carboxylic acids is 1. The highest BCUT2D eigenvalue weighted by atomic mass is 35.5. The fourth-order valence-corrected chi connectivity index (χ4v) is 4.27. The summed E-state index contributed by atoms with van der Waals surface area (Å²) in [7, 11) is 0. The summed E-state index contributed by atoms with van der Waals surface area (Å²) in [4.78, 5) is 38.4. The number of carboxylic acid groups (broad SMARTS) is 1. The average Bonchev–Trinajstić information content (AvgIpc) is 2.55. The van der Waals surface area contributed by atoms with Crippen LogP contribution in [0.1, 0.15) is 25.7 Å². The first kappa shape index (κ1) is 17.1. The lowest BCUT2D eigenvalue weighted by Crippen LogP contribution is -2.49. The molecule has 128 valence electrons. The molecule has 0 bridgehead atoms. The minimum Gasteiger partial charge on any atom is -0.480 e. The second-order valence-electron chi connectivity index (χ2n) is 5.88. The van der Waals surface area contributed by atoms with E-state index in [-0.39, 0.29) is 18.2 Å². The quantitative estimate of drug-likeness (QED) is 0.856. The molecule has 0 aliphatic carbocycles. The van der Waals surface area contributed by atoms with Gasteiger partial charge in [0, 0.05) is 22.9 Å². The topological polar surface area (TPSA) is 86.7 Å². The zero-order valence-electron chi connectivity index (χ0n) is 12.8. The van der Waals surface area contributed by atoms with Gasteiger partial charge in [-0.05, 0) is 37.5 Å². The third-order valence-electron chi connectivity index (χ3n) is 4.23. The number of piperidine rings is 1.